The van der Waals surface area contributed by atoms with Crippen molar-refractivity contribution in [3.63, 3.8) is 0 Å². The van der Waals surface area contributed by atoms with E-state index in [1.54, 1.807) is 12.1 Å². The fourth-order valence-corrected chi connectivity index (χ4v) is 5.62. The smallest absolute Gasteiger partial charge is 0.238 e. The lowest BCUT2D eigenvalue weighted by molar-refractivity contribution is -0.132. The molecule has 1 amide bonds. The number of halogens is 1. The van der Waals surface area contributed by atoms with Gasteiger partial charge in [0, 0.05) is 26.1 Å². The maximum atomic E-state index is 13.3. The molecule has 2 N–H and O–H groups in total. The Balaban J connectivity index is 0.00000484. The number of benzene rings is 3. The van der Waals surface area contributed by atoms with Crippen LogP contribution in [0.2, 0.25) is 0 Å². The average Bonchev–Trinajstić information content (AvgIpc) is 3.48. The van der Waals surface area contributed by atoms with E-state index in [2.05, 4.69) is 49.1 Å². The molecule has 9 heteroatoms. The molecule has 0 unspecified atom stereocenters. The number of primary sulfonamides is 1. The predicted octanol–water partition coefficient (Wildman–Crippen LogP) is 5.90. The van der Waals surface area contributed by atoms with Gasteiger partial charge < -0.3 is 9.64 Å². The normalized spacial score (nSPS) is 13.6. The number of sulfonamides is 1. The second-order valence-corrected chi connectivity index (χ2v) is 12.9. The lowest BCUT2D eigenvalue weighted by atomic mass is 10.0. The summed E-state index contributed by atoms with van der Waals surface area (Å²) in [7, 11) is -3.73. The SMILES string of the molecule is CC(C)CCC(=O)N(CCc1ccc(S(N)(=O)=O)cc1)Cc1cccc(-c2cccc(OCCN3CCCC3)c2)c1.Cl. The highest BCUT2D eigenvalue weighted by atomic mass is 35.5. The Morgan fingerprint density at radius 2 is 1.62 bits per heavy atom. The van der Waals surface area contributed by atoms with Gasteiger partial charge in [-0.2, -0.15) is 0 Å². The van der Waals surface area contributed by atoms with E-state index in [0.29, 0.717) is 38.5 Å². The molecule has 7 nitrogen and oxygen atoms in total. The molecule has 1 aliphatic heterocycles. The lowest BCUT2D eigenvalue weighted by Crippen LogP contribution is -2.32. The van der Waals surface area contributed by atoms with Gasteiger partial charge in [-0.25, -0.2) is 13.6 Å². The number of rotatable bonds is 14. The van der Waals surface area contributed by atoms with Crippen LogP contribution in [0.25, 0.3) is 11.1 Å². The molecule has 1 saturated heterocycles. The standard InChI is InChI=1S/C33H43N3O4S.ClH/c1-26(2)11-16-33(37)36(20-17-27-12-14-32(15-13-27)41(34,38)39)25-28-7-5-8-29(23-28)30-9-6-10-31(24-30)40-22-21-35-18-3-4-19-35;/h5-10,12-15,23-24,26H,3-4,11,16-22,25H2,1-2H3,(H2,34,38,39);1H. The molecule has 0 bridgehead atoms. The second-order valence-electron chi connectivity index (χ2n) is 11.3. The fourth-order valence-electron chi connectivity index (χ4n) is 5.11. The van der Waals surface area contributed by atoms with Gasteiger partial charge in [0.1, 0.15) is 12.4 Å². The molecule has 3 aromatic carbocycles. The number of ether oxygens (including phenoxy) is 1. The topological polar surface area (TPSA) is 92.9 Å². The molecule has 0 saturated carbocycles. The molecule has 3 aromatic rings. The van der Waals surface area contributed by atoms with Crippen LogP contribution in [0, 0.1) is 5.92 Å². The molecule has 42 heavy (non-hydrogen) atoms. The largest absolute Gasteiger partial charge is 0.492 e. The molecule has 0 spiro atoms. The van der Waals surface area contributed by atoms with E-state index in [9.17, 15) is 13.2 Å². The Labute approximate surface area is 257 Å². The van der Waals surface area contributed by atoms with Crippen LogP contribution in [0.1, 0.15) is 50.7 Å². The van der Waals surface area contributed by atoms with Gasteiger partial charge in [0.25, 0.3) is 0 Å². The highest BCUT2D eigenvalue weighted by molar-refractivity contribution is 7.89. The molecular weight excluding hydrogens is 570 g/mol. The molecule has 4 rings (SSSR count). The maximum absolute atomic E-state index is 13.3. The van der Waals surface area contributed by atoms with Gasteiger partial charge >= 0.3 is 0 Å². The minimum absolute atomic E-state index is 0. The molecular formula is C33H44ClN3O4S. The third kappa shape index (κ3) is 10.4. The third-order valence-corrected chi connectivity index (χ3v) is 8.48. The monoisotopic (exact) mass is 613 g/mol. The summed E-state index contributed by atoms with van der Waals surface area (Å²) in [6.07, 6.45) is 4.51. The van der Waals surface area contributed by atoms with Crippen LogP contribution in [0.3, 0.4) is 0 Å². The van der Waals surface area contributed by atoms with Crippen LogP contribution >= 0.6 is 12.4 Å². The van der Waals surface area contributed by atoms with E-state index in [4.69, 9.17) is 9.88 Å². The van der Waals surface area contributed by atoms with Gasteiger partial charge in [-0.3, -0.25) is 9.69 Å². The Morgan fingerprint density at radius 3 is 2.29 bits per heavy atom. The molecule has 228 valence electrons. The van der Waals surface area contributed by atoms with E-state index in [1.807, 2.05) is 23.1 Å². The van der Waals surface area contributed by atoms with Crippen molar-refractivity contribution in [1.29, 1.82) is 0 Å². The summed E-state index contributed by atoms with van der Waals surface area (Å²) in [4.78, 5) is 17.7. The molecule has 0 atom stereocenters. The van der Waals surface area contributed by atoms with Crippen molar-refractivity contribution in [2.24, 2.45) is 11.1 Å². The zero-order chi connectivity index (χ0) is 29.2. The van der Waals surface area contributed by atoms with Crippen molar-refractivity contribution in [2.45, 2.75) is 57.4 Å². The van der Waals surface area contributed by atoms with Gasteiger partial charge in [0.15, 0.2) is 0 Å². The molecule has 1 heterocycles. The summed E-state index contributed by atoms with van der Waals surface area (Å²) in [6.45, 7) is 9.26. The first kappa shape index (κ1) is 33.6. The number of hydrogen-bond donors (Lipinski definition) is 1. The number of hydrogen-bond acceptors (Lipinski definition) is 5. The summed E-state index contributed by atoms with van der Waals surface area (Å²) in [5, 5.41) is 5.23. The number of nitrogens with two attached hydrogens (primary N) is 1. The summed E-state index contributed by atoms with van der Waals surface area (Å²) in [5.74, 6) is 1.43. The number of nitrogens with zero attached hydrogens (tertiary/aromatic N) is 2. The Kier molecular flexibility index (Phi) is 12.9. The van der Waals surface area contributed by atoms with Gasteiger partial charge in [0.2, 0.25) is 15.9 Å². The maximum Gasteiger partial charge on any atom is 0.238 e. The van der Waals surface area contributed by atoms with Gasteiger partial charge in [-0.15, -0.1) is 12.4 Å². The zero-order valence-electron chi connectivity index (χ0n) is 24.7. The highest BCUT2D eigenvalue weighted by Gasteiger charge is 2.16. The van der Waals surface area contributed by atoms with Crippen molar-refractivity contribution in [3.8, 4) is 16.9 Å². The van der Waals surface area contributed by atoms with E-state index in [-0.39, 0.29) is 23.2 Å². The number of carbonyl (C=O) groups excluding carboxylic acids is 1. The Hall–Kier alpha value is -2.91. The third-order valence-electron chi connectivity index (χ3n) is 7.55. The zero-order valence-corrected chi connectivity index (χ0v) is 26.3. The minimum Gasteiger partial charge on any atom is -0.492 e. The van der Waals surface area contributed by atoms with Crippen LogP contribution in [-0.2, 0) is 27.8 Å². The average molecular weight is 614 g/mol. The van der Waals surface area contributed by atoms with E-state index >= 15 is 0 Å². The van der Waals surface area contributed by atoms with Gasteiger partial charge in [-0.1, -0.05) is 56.3 Å². The van der Waals surface area contributed by atoms with Crippen LogP contribution in [-0.4, -0.2) is 56.9 Å². The van der Waals surface area contributed by atoms with Crippen molar-refractivity contribution in [2.75, 3.05) is 32.8 Å². The Bertz CT molecular complexity index is 1390. The number of carbonyl (C=O) groups is 1. The first-order valence-electron chi connectivity index (χ1n) is 14.6. The Morgan fingerprint density at radius 1 is 0.952 bits per heavy atom. The van der Waals surface area contributed by atoms with Gasteiger partial charge in [0.05, 0.1) is 4.90 Å². The summed E-state index contributed by atoms with van der Waals surface area (Å²) < 4.78 is 29.2. The summed E-state index contributed by atoms with van der Waals surface area (Å²) in [6, 6.07) is 23.1. The van der Waals surface area contributed by atoms with Crippen molar-refractivity contribution in [3.05, 3.63) is 83.9 Å². The molecule has 0 aliphatic carbocycles. The van der Waals surface area contributed by atoms with Crippen LogP contribution in [0.15, 0.2) is 77.7 Å². The molecule has 0 radical (unpaired) electrons. The number of amides is 1. The minimum atomic E-state index is -3.73. The quantitative estimate of drug-likeness (QED) is 0.244. The second kappa shape index (κ2) is 16.1. The van der Waals surface area contributed by atoms with Crippen LogP contribution in [0.5, 0.6) is 5.75 Å². The first-order chi connectivity index (χ1) is 19.7. The molecule has 0 aromatic heterocycles. The predicted molar refractivity (Wildman–Crippen MR) is 171 cm³/mol. The molecule has 1 fully saturated rings. The van der Waals surface area contributed by atoms with E-state index in [0.717, 1.165) is 54.1 Å². The van der Waals surface area contributed by atoms with E-state index in [1.165, 1.54) is 25.0 Å². The fraction of sp³-hybridized carbons (Fsp3) is 0.424. The van der Waals surface area contributed by atoms with Gasteiger partial charge in [-0.05, 0) is 97.3 Å². The van der Waals surface area contributed by atoms with Crippen LogP contribution in [0.4, 0.5) is 0 Å². The first-order valence-corrected chi connectivity index (χ1v) is 16.2. The van der Waals surface area contributed by atoms with E-state index < -0.39 is 10.0 Å². The number of likely N-dealkylation sites (tertiary alicyclic amines) is 1. The van der Waals surface area contributed by atoms with Crippen molar-refractivity contribution in [1.82, 2.24) is 9.80 Å². The van der Waals surface area contributed by atoms with Crippen molar-refractivity contribution >= 4 is 28.3 Å². The van der Waals surface area contributed by atoms with Crippen molar-refractivity contribution < 1.29 is 17.9 Å². The summed E-state index contributed by atoms with van der Waals surface area (Å²) >= 11 is 0. The molecule has 1 aliphatic rings. The van der Waals surface area contributed by atoms with Crippen LogP contribution < -0.4 is 9.88 Å². The highest BCUT2D eigenvalue weighted by Crippen LogP contribution is 2.26. The lowest BCUT2D eigenvalue weighted by Gasteiger charge is -2.24. The summed E-state index contributed by atoms with van der Waals surface area (Å²) in [5.41, 5.74) is 4.18.